The normalized spacial score (nSPS) is 12.8. The average molecular weight is 464 g/mol. The molecule has 0 saturated carbocycles. The van der Waals surface area contributed by atoms with Crippen molar-refractivity contribution in [3.8, 4) is 17.2 Å². The van der Waals surface area contributed by atoms with Gasteiger partial charge in [-0.15, -0.1) is 0 Å². The monoisotopic (exact) mass is 463 g/mol. The number of fused-ring (bicyclic) bond motifs is 1. The number of esters is 1. The molecule has 29 heavy (non-hydrogen) atoms. The summed E-state index contributed by atoms with van der Waals surface area (Å²) in [5, 5.41) is 0. The highest BCUT2D eigenvalue weighted by atomic mass is 79.9. The molecule has 1 aliphatic rings. The smallest absolute Gasteiger partial charge is 0.337 e. The molecule has 8 heteroatoms. The van der Waals surface area contributed by atoms with Gasteiger partial charge in [-0.3, -0.25) is 4.79 Å². The van der Waals surface area contributed by atoms with E-state index >= 15 is 0 Å². The summed E-state index contributed by atoms with van der Waals surface area (Å²) in [4.78, 5) is 26.0. The van der Waals surface area contributed by atoms with Crippen molar-refractivity contribution in [3.63, 3.8) is 0 Å². The van der Waals surface area contributed by atoms with Crippen LogP contribution in [0.1, 0.15) is 21.5 Å². The lowest BCUT2D eigenvalue weighted by Crippen LogP contribution is -2.38. The molecule has 3 rings (SSSR count). The molecule has 1 aliphatic heterocycles. The minimum absolute atomic E-state index is 0.0984. The third-order valence-electron chi connectivity index (χ3n) is 4.77. The molecule has 1 heterocycles. The molecular formula is C21H22BrNO6. The summed E-state index contributed by atoms with van der Waals surface area (Å²) in [5.74, 6) is 1.26. The van der Waals surface area contributed by atoms with Gasteiger partial charge in [-0.05, 0) is 63.8 Å². The maximum absolute atomic E-state index is 12.6. The van der Waals surface area contributed by atoms with E-state index in [1.165, 1.54) is 7.11 Å². The molecule has 0 saturated heterocycles. The van der Waals surface area contributed by atoms with Gasteiger partial charge in [0.15, 0.2) is 18.1 Å². The number of methoxy groups -OCH3 is 3. The highest BCUT2D eigenvalue weighted by Crippen LogP contribution is 2.33. The number of halogens is 1. The van der Waals surface area contributed by atoms with Crippen LogP contribution in [0.3, 0.4) is 0 Å². The van der Waals surface area contributed by atoms with Crippen LogP contribution in [0.5, 0.6) is 17.2 Å². The second-order valence-electron chi connectivity index (χ2n) is 6.47. The highest BCUT2D eigenvalue weighted by Gasteiger charge is 2.23. The van der Waals surface area contributed by atoms with Crippen LogP contribution >= 0.6 is 15.9 Å². The Balaban J connectivity index is 1.65. The molecular weight excluding hydrogens is 442 g/mol. The SMILES string of the molecule is COC(=O)c1ccc(OCC(=O)N2CCc3cc(OC)c(OC)cc3C2)c(Br)c1. The molecule has 0 aliphatic carbocycles. The fourth-order valence-electron chi connectivity index (χ4n) is 3.19. The molecule has 0 unspecified atom stereocenters. The van der Waals surface area contributed by atoms with Gasteiger partial charge in [0.25, 0.3) is 5.91 Å². The van der Waals surface area contributed by atoms with Gasteiger partial charge in [-0.25, -0.2) is 4.79 Å². The minimum atomic E-state index is -0.438. The zero-order valence-electron chi connectivity index (χ0n) is 16.5. The first-order valence-corrected chi connectivity index (χ1v) is 9.78. The molecule has 2 aromatic rings. The Morgan fingerprint density at radius 3 is 2.31 bits per heavy atom. The lowest BCUT2D eigenvalue weighted by atomic mass is 9.99. The van der Waals surface area contributed by atoms with Crippen molar-refractivity contribution < 1.29 is 28.5 Å². The van der Waals surface area contributed by atoms with E-state index in [9.17, 15) is 9.59 Å². The van der Waals surface area contributed by atoms with E-state index in [0.29, 0.717) is 40.4 Å². The van der Waals surface area contributed by atoms with Gasteiger partial charge in [-0.1, -0.05) is 0 Å². The van der Waals surface area contributed by atoms with Crippen molar-refractivity contribution in [2.75, 3.05) is 34.5 Å². The lowest BCUT2D eigenvalue weighted by molar-refractivity contribution is -0.134. The summed E-state index contributed by atoms with van der Waals surface area (Å²) < 4.78 is 21.6. The minimum Gasteiger partial charge on any atom is -0.493 e. The number of hydrogen-bond donors (Lipinski definition) is 0. The number of amides is 1. The van der Waals surface area contributed by atoms with Crippen LogP contribution in [0, 0.1) is 0 Å². The van der Waals surface area contributed by atoms with Crippen molar-refractivity contribution in [1.29, 1.82) is 0 Å². The summed E-state index contributed by atoms with van der Waals surface area (Å²) in [6.07, 6.45) is 0.735. The quantitative estimate of drug-likeness (QED) is 0.612. The molecule has 1 amide bonds. The number of benzene rings is 2. The second-order valence-corrected chi connectivity index (χ2v) is 7.32. The van der Waals surface area contributed by atoms with Crippen LogP contribution in [0.15, 0.2) is 34.8 Å². The Morgan fingerprint density at radius 1 is 1.00 bits per heavy atom. The average Bonchev–Trinajstić information content (AvgIpc) is 2.75. The largest absolute Gasteiger partial charge is 0.493 e. The first-order chi connectivity index (χ1) is 14.0. The topological polar surface area (TPSA) is 74.3 Å². The van der Waals surface area contributed by atoms with E-state index in [1.807, 2.05) is 12.1 Å². The third kappa shape index (κ3) is 4.64. The predicted octanol–water partition coefficient (Wildman–Crippen LogP) is 3.22. The molecule has 2 aromatic carbocycles. The fraction of sp³-hybridized carbons (Fsp3) is 0.333. The fourth-order valence-corrected chi connectivity index (χ4v) is 3.68. The lowest BCUT2D eigenvalue weighted by Gasteiger charge is -2.29. The third-order valence-corrected chi connectivity index (χ3v) is 5.39. The van der Waals surface area contributed by atoms with Crippen LogP contribution in [-0.4, -0.2) is 51.3 Å². The van der Waals surface area contributed by atoms with Crippen LogP contribution in [0.2, 0.25) is 0 Å². The van der Waals surface area contributed by atoms with Crippen molar-refractivity contribution in [2.45, 2.75) is 13.0 Å². The Morgan fingerprint density at radius 2 is 1.69 bits per heavy atom. The Hall–Kier alpha value is -2.74. The van der Waals surface area contributed by atoms with Gasteiger partial charge >= 0.3 is 5.97 Å². The summed E-state index contributed by atoms with van der Waals surface area (Å²) in [6, 6.07) is 8.70. The maximum Gasteiger partial charge on any atom is 0.337 e. The summed E-state index contributed by atoms with van der Waals surface area (Å²) in [6.45, 7) is 0.992. The molecule has 0 spiro atoms. The maximum atomic E-state index is 12.6. The Kier molecular flexibility index (Phi) is 6.64. The number of rotatable bonds is 6. The number of carbonyl (C=O) groups is 2. The van der Waals surface area contributed by atoms with Crippen LogP contribution in [0.4, 0.5) is 0 Å². The van der Waals surface area contributed by atoms with E-state index in [-0.39, 0.29) is 12.5 Å². The number of hydrogen-bond acceptors (Lipinski definition) is 6. The second kappa shape index (κ2) is 9.17. The summed E-state index contributed by atoms with van der Waals surface area (Å²) >= 11 is 3.36. The molecule has 0 radical (unpaired) electrons. The molecule has 0 aromatic heterocycles. The molecule has 154 valence electrons. The van der Waals surface area contributed by atoms with Gasteiger partial charge in [0.2, 0.25) is 0 Å². The first-order valence-electron chi connectivity index (χ1n) is 8.99. The number of nitrogens with zero attached hydrogens (tertiary/aromatic N) is 1. The number of carbonyl (C=O) groups excluding carboxylic acids is 2. The Labute approximate surface area is 177 Å². The van der Waals surface area contributed by atoms with Crippen LogP contribution in [0.25, 0.3) is 0 Å². The van der Waals surface area contributed by atoms with Crippen molar-refractivity contribution in [2.24, 2.45) is 0 Å². The van der Waals surface area contributed by atoms with Gasteiger partial charge in [0.1, 0.15) is 5.75 Å². The Bertz CT molecular complexity index is 930. The zero-order chi connectivity index (χ0) is 21.0. The van der Waals surface area contributed by atoms with E-state index in [0.717, 1.165) is 17.5 Å². The van der Waals surface area contributed by atoms with Gasteiger partial charge in [0.05, 0.1) is 31.4 Å². The van der Waals surface area contributed by atoms with Gasteiger partial charge < -0.3 is 23.8 Å². The van der Waals surface area contributed by atoms with Gasteiger partial charge in [0, 0.05) is 13.1 Å². The van der Waals surface area contributed by atoms with Crippen LogP contribution < -0.4 is 14.2 Å². The molecule has 0 N–H and O–H groups in total. The zero-order valence-corrected chi connectivity index (χ0v) is 18.1. The summed E-state index contributed by atoms with van der Waals surface area (Å²) in [7, 11) is 4.52. The molecule has 0 fully saturated rings. The van der Waals surface area contributed by atoms with Crippen molar-refractivity contribution in [1.82, 2.24) is 4.90 Å². The van der Waals surface area contributed by atoms with E-state index in [4.69, 9.17) is 18.9 Å². The van der Waals surface area contributed by atoms with Crippen LogP contribution in [-0.2, 0) is 22.5 Å². The predicted molar refractivity (Wildman–Crippen MR) is 110 cm³/mol. The van der Waals surface area contributed by atoms with E-state index in [1.54, 1.807) is 37.3 Å². The first kappa shape index (κ1) is 21.0. The van der Waals surface area contributed by atoms with Crippen molar-refractivity contribution >= 4 is 27.8 Å². The number of ether oxygens (including phenoxy) is 4. The van der Waals surface area contributed by atoms with E-state index in [2.05, 4.69) is 15.9 Å². The molecule has 0 atom stereocenters. The van der Waals surface area contributed by atoms with Crippen molar-refractivity contribution in [3.05, 3.63) is 51.5 Å². The van der Waals surface area contributed by atoms with Gasteiger partial charge in [-0.2, -0.15) is 0 Å². The van der Waals surface area contributed by atoms with E-state index < -0.39 is 5.97 Å². The molecule has 7 nitrogen and oxygen atoms in total. The molecule has 0 bridgehead atoms. The standard InChI is InChI=1S/C21H22BrNO6/c1-26-18-9-13-6-7-23(11-15(13)10-19(18)27-2)20(24)12-29-17-5-4-14(8-16(17)22)21(25)28-3/h4-5,8-10H,6-7,11-12H2,1-3H3. The summed E-state index contributed by atoms with van der Waals surface area (Å²) in [5.41, 5.74) is 2.58. The highest BCUT2D eigenvalue weighted by molar-refractivity contribution is 9.10.